The highest BCUT2D eigenvalue weighted by Crippen LogP contribution is 2.29. The van der Waals surface area contributed by atoms with E-state index < -0.39 is 0 Å². The zero-order valence-electron chi connectivity index (χ0n) is 16.1. The Hall–Kier alpha value is -3.06. The molecule has 7 heteroatoms. The van der Waals surface area contributed by atoms with Crippen LogP contribution in [-0.4, -0.2) is 61.0 Å². The summed E-state index contributed by atoms with van der Waals surface area (Å²) in [5.74, 6) is 1.40. The molecule has 0 radical (unpaired) electrons. The van der Waals surface area contributed by atoms with Gasteiger partial charge < -0.3 is 19.7 Å². The number of carbonyl (C=O) groups is 2. The molecule has 3 heterocycles. The minimum atomic E-state index is -0.200. The Morgan fingerprint density at radius 1 is 1.00 bits per heavy atom. The molecule has 29 heavy (non-hydrogen) atoms. The van der Waals surface area contributed by atoms with Gasteiger partial charge in [-0.05, 0) is 35.4 Å². The highest BCUT2D eigenvalue weighted by molar-refractivity contribution is 5.99. The van der Waals surface area contributed by atoms with E-state index in [0.29, 0.717) is 30.1 Å². The molecule has 3 aliphatic heterocycles. The zero-order valence-corrected chi connectivity index (χ0v) is 16.1. The third-order valence-electron chi connectivity index (χ3n) is 5.68. The fraction of sp³-hybridized carbons (Fsp3) is 0.364. The van der Waals surface area contributed by atoms with E-state index in [0.717, 1.165) is 38.4 Å². The highest BCUT2D eigenvalue weighted by Gasteiger charge is 2.24. The molecule has 1 N–H and O–H groups in total. The molecule has 150 valence electrons. The number of benzene rings is 2. The second-order valence-corrected chi connectivity index (χ2v) is 7.66. The number of hydrogen-bond donors (Lipinski definition) is 1. The van der Waals surface area contributed by atoms with E-state index in [-0.39, 0.29) is 18.4 Å². The van der Waals surface area contributed by atoms with Crippen LogP contribution in [-0.2, 0) is 17.8 Å². The number of anilines is 1. The molecule has 2 aromatic carbocycles. The van der Waals surface area contributed by atoms with Crippen molar-refractivity contribution < 1.29 is 19.1 Å². The molecule has 0 atom stereocenters. The van der Waals surface area contributed by atoms with Gasteiger partial charge in [0.05, 0.1) is 12.3 Å². The van der Waals surface area contributed by atoms with Crippen molar-refractivity contribution in [1.29, 1.82) is 0 Å². The molecule has 0 saturated carbocycles. The first kappa shape index (κ1) is 18.0. The second kappa shape index (κ2) is 7.40. The number of nitrogens with one attached hydrogen (secondary N) is 1. The summed E-state index contributed by atoms with van der Waals surface area (Å²) in [5.41, 5.74) is 3.71. The van der Waals surface area contributed by atoms with Gasteiger partial charge in [-0.1, -0.05) is 12.1 Å². The molecule has 0 bridgehead atoms. The summed E-state index contributed by atoms with van der Waals surface area (Å²) in [6.07, 6.45) is 0.984. The van der Waals surface area contributed by atoms with Crippen molar-refractivity contribution in [3.05, 3.63) is 53.1 Å². The maximum atomic E-state index is 12.9. The van der Waals surface area contributed by atoms with Crippen LogP contribution in [0.25, 0.3) is 0 Å². The first-order valence-corrected chi connectivity index (χ1v) is 9.99. The largest absolute Gasteiger partial charge is 0.493 e. The average molecular weight is 393 g/mol. The lowest BCUT2D eigenvalue weighted by Gasteiger charge is -2.35. The average Bonchev–Trinajstić information content (AvgIpc) is 3.21. The number of ether oxygens (including phenoxy) is 2. The number of nitrogens with zero attached hydrogens (tertiary/aromatic N) is 2. The lowest BCUT2D eigenvalue weighted by atomic mass is 10.1. The van der Waals surface area contributed by atoms with Gasteiger partial charge in [-0.25, -0.2) is 0 Å². The first-order chi connectivity index (χ1) is 14.2. The van der Waals surface area contributed by atoms with Crippen molar-refractivity contribution in [3.8, 4) is 11.5 Å². The van der Waals surface area contributed by atoms with Crippen LogP contribution in [0.15, 0.2) is 36.4 Å². The molecule has 0 unspecified atom stereocenters. The van der Waals surface area contributed by atoms with E-state index in [1.54, 1.807) is 18.2 Å². The summed E-state index contributed by atoms with van der Waals surface area (Å²) in [7, 11) is 0. The summed E-state index contributed by atoms with van der Waals surface area (Å²) in [5, 5.41) is 2.76. The van der Waals surface area contributed by atoms with E-state index in [1.165, 1.54) is 11.1 Å². The van der Waals surface area contributed by atoms with Crippen LogP contribution in [0.5, 0.6) is 11.5 Å². The number of rotatable bonds is 3. The summed E-state index contributed by atoms with van der Waals surface area (Å²) in [6.45, 7) is 4.73. The highest BCUT2D eigenvalue weighted by atomic mass is 16.5. The van der Waals surface area contributed by atoms with Gasteiger partial charge in [-0.2, -0.15) is 0 Å². The molecule has 1 saturated heterocycles. The quantitative estimate of drug-likeness (QED) is 0.863. The van der Waals surface area contributed by atoms with Crippen LogP contribution in [0, 0.1) is 0 Å². The van der Waals surface area contributed by atoms with Crippen LogP contribution in [0.4, 0.5) is 5.69 Å². The predicted molar refractivity (Wildman–Crippen MR) is 107 cm³/mol. The van der Waals surface area contributed by atoms with Crippen molar-refractivity contribution in [2.45, 2.75) is 13.0 Å². The fourth-order valence-electron chi connectivity index (χ4n) is 4.10. The fourth-order valence-corrected chi connectivity index (χ4v) is 4.10. The second-order valence-electron chi connectivity index (χ2n) is 7.66. The van der Waals surface area contributed by atoms with E-state index in [9.17, 15) is 9.59 Å². The maximum absolute atomic E-state index is 12.9. The van der Waals surface area contributed by atoms with Gasteiger partial charge in [0, 0.05) is 44.7 Å². The third-order valence-corrected chi connectivity index (χ3v) is 5.68. The van der Waals surface area contributed by atoms with Gasteiger partial charge in [-0.3, -0.25) is 14.5 Å². The van der Waals surface area contributed by atoms with Gasteiger partial charge in [0.15, 0.2) is 6.61 Å². The molecule has 2 amide bonds. The maximum Gasteiger partial charge on any atom is 0.262 e. The van der Waals surface area contributed by atoms with Crippen molar-refractivity contribution in [1.82, 2.24) is 9.80 Å². The van der Waals surface area contributed by atoms with E-state index >= 15 is 0 Å². The molecule has 0 aliphatic carbocycles. The zero-order chi connectivity index (χ0) is 19.8. The standard InChI is InChI=1S/C22H23N3O4/c26-21-14-29-20-4-2-17(12-18(20)23-21)22(27)25-8-6-24(7-9-25)13-15-1-3-19-16(11-15)5-10-28-19/h1-4,11-12H,5-10,13-14H2,(H,23,26). The Bertz CT molecular complexity index is 967. The van der Waals surface area contributed by atoms with Gasteiger partial charge in [0.25, 0.3) is 11.8 Å². The lowest BCUT2D eigenvalue weighted by Crippen LogP contribution is -2.48. The summed E-state index contributed by atoms with van der Waals surface area (Å²) in [4.78, 5) is 28.7. The Kier molecular flexibility index (Phi) is 4.60. The predicted octanol–water partition coefficient (Wildman–Crippen LogP) is 1.91. The Labute approximate surface area is 169 Å². The Morgan fingerprint density at radius 2 is 1.83 bits per heavy atom. The monoisotopic (exact) mass is 393 g/mol. The molecule has 3 aliphatic rings. The van der Waals surface area contributed by atoms with Crippen molar-refractivity contribution >= 4 is 17.5 Å². The first-order valence-electron chi connectivity index (χ1n) is 9.99. The van der Waals surface area contributed by atoms with Gasteiger partial charge in [0.2, 0.25) is 0 Å². The Balaban J connectivity index is 1.20. The van der Waals surface area contributed by atoms with Crippen LogP contribution < -0.4 is 14.8 Å². The van der Waals surface area contributed by atoms with Crippen molar-refractivity contribution in [2.75, 3.05) is 44.7 Å². The molecule has 0 spiro atoms. The van der Waals surface area contributed by atoms with E-state index in [1.807, 2.05) is 4.90 Å². The van der Waals surface area contributed by atoms with Gasteiger partial charge in [-0.15, -0.1) is 0 Å². The Morgan fingerprint density at radius 3 is 2.69 bits per heavy atom. The topological polar surface area (TPSA) is 71.1 Å². The SMILES string of the molecule is O=C1COc2ccc(C(=O)N3CCN(Cc4ccc5c(c4)CCO5)CC3)cc2N1. The molecule has 2 aromatic rings. The molecular weight excluding hydrogens is 370 g/mol. The van der Waals surface area contributed by atoms with Gasteiger partial charge in [0.1, 0.15) is 11.5 Å². The van der Waals surface area contributed by atoms with Crippen LogP contribution in [0.2, 0.25) is 0 Å². The number of fused-ring (bicyclic) bond motifs is 2. The molecular formula is C22H23N3O4. The number of hydrogen-bond acceptors (Lipinski definition) is 5. The normalized spacial score (nSPS) is 18.3. The van der Waals surface area contributed by atoms with Crippen LogP contribution >= 0.6 is 0 Å². The lowest BCUT2D eigenvalue weighted by molar-refractivity contribution is -0.118. The van der Waals surface area contributed by atoms with Crippen LogP contribution in [0.3, 0.4) is 0 Å². The number of amides is 2. The smallest absolute Gasteiger partial charge is 0.262 e. The summed E-state index contributed by atoms with van der Waals surface area (Å²) in [6, 6.07) is 11.6. The summed E-state index contributed by atoms with van der Waals surface area (Å²) < 4.78 is 10.9. The molecule has 0 aromatic heterocycles. The molecule has 7 nitrogen and oxygen atoms in total. The van der Waals surface area contributed by atoms with Gasteiger partial charge >= 0.3 is 0 Å². The summed E-state index contributed by atoms with van der Waals surface area (Å²) >= 11 is 0. The molecule has 5 rings (SSSR count). The minimum Gasteiger partial charge on any atom is -0.493 e. The minimum absolute atomic E-state index is 0.0121. The number of carbonyl (C=O) groups excluding carboxylic acids is 2. The third kappa shape index (κ3) is 3.65. The number of piperazine rings is 1. The van der Waals surface area contributed by atoms with E-state index in [4.69, 9.17) is 9.47 Å². The molecule has 1 fully saturated rings. The van der Waals surface area contributed by atoms with Crippen molar-refractivity contribution in [3.63, 3.8) is 0 Å². The van der Waals surface area contributed by atoms with E-state index in [2.05, 4.69) is 28.4 Å². The van der Waals surface area contributed by atoms with Crippen LogP contribution in [0.1, 0.15) is 21.5 Å². The van der Waals surface area contributed by atoms with Crippen molar-refractivity contribution in [2.24, 2.45) is 0 Å².